The summed E-state index contributed by atoms with van der Waals surface area (Å²) in [5, 5.41) is 3.92. The standard InChI is InChI=1S/C28H32O6Si5/c1-35(2)29-36(3,4)31-39(30-35)33-37(25-17-9-5-10-18-25,26-19-11-6-12-20-26)32-38(34-39,27-21-13-7-14-22-27)28-23-15-8-16-24-28/h5-24H,1-4H3. The molecule has 2 heterocycles. The lowest BCUT2D eigenvalue weighted by Crippen LogP contribution is -2.87. The van der Waals surface area contributed by atoms with Crippen LogP contribution < -0.4 is 20.7 Å². The van der Waals surface area contributed by atoms with Gasteiger partial charge < -0.3 is 24.7 Å². The summed E-state index contributed by atoms with van der Waals surface area (Å²) in [6, 6.07) is 41.0. The highest BCUT2D eigenvalue weighted by atomic mass is 28.6. The molecule has 0 unspecified atom stereocenters. The molecule has 2 saturated heterocycles. The molecule has 0 saturated carbocycles. The first-order valence-corrected chi connectivity index (χ1v) is 24.0. The molecule has 4 aromatic rings. The van der Waals surface area contributed by atoms with Gasteiger partial charge >= 0.3 is 43.3 Å². The Hall–Kier alpha value is -2.28. The molecule has 0 radical (unpaired) electrons. The maximum Gasteiger partial charge on any atom is 0.644 e. The number of hydrogen-bond donors (Lipinski definition) is 0. The van der Waals surface area contributed by atoms with Crippen molar-refractivity contribution in [2.75, 3.05) is 0 Å². The van der Waals surface area contributed by atoms with Gasteiger partial charge in [-0.15, -0.1) is 0 Å². The minimum atomic E-state index is -3.85. The van der Waals surface area contributed by atoms with Gasteiger partial charge in [0.15, 0.2) is 0 Å². The smallest absolute Gasteiger partial charge is 0.416 e. The molecule has 6 nitrogen and oxygen atoms in total. The van der Waals surface area contributed by atoms with Gasteiger partial charge in [0.1, 0.15) is 0 Å². The van der Waals surface area contributed by atoms with Crippen LogP contribution in [0.1, 0.15) is 0 Å². The van der Waals surface area contributed by atoms with Crippen molar-refractivity contribution in [1.29, 1.82) is 0 Å². The number of hydrogen-bond acceptors (Lipinski definition) is 6. The minimum Gasteiger partial charge on any atom is -0.416 e. The summed E-state index contributed by atoms with van der Waals surface area (Å²) in [5.74, 6) is 0. The molecule has 200 valence electrons. The summed E-state index contributed by atoms with van der Waals surface area (Å²) < 4.78 is 42.2. The van der Waals surface area contributed by atoms with E-state index in [0.717, 1.165) is 20.7 Å². The van der Waals surface area contributed by atoms with Gasteiger partial charge in [0.05, 0.1) is 0 Å². The van der Waals surface area contributed by atoms with Crippen LogP contribution in [0.3, 0.4) is 0 Å². The molecule has 11 heteroatoms. The van der Waals surface area contributed by atoms with Crippen molar-refractivity contribution in [2.45, 2.75) is 26.2 Å². The van der Waals surface area contributed by atoms with Crippen LogP contribution in [0, 0.1) is 0 Å². The highest BCUT2D eigenvalue weighted by Gasteiger charge is 2.73. The van der Waals surface area contributed by atoms with E-state index in [0.29, 0.717) is 0 Å². The van der Waals surface area contributed by atoms with Crippen LogP contribution in [-0.2, 0) is 24.7 Å². The Morgan fingerprint density at radius 3 is 0.897 bits per heavy atom. The van der Waals surface area contributed by atoms with Crippen LogP contribution >= 0.6 is 0 Å². The van der Waals surface area contributed by atoms with Crippen LogP contribution in [0.4, 0.5) is 0 Å². The zero-order chi connectivity index (χ0) is 27.2. The fraction of sp³-hybridized carbons (Fsp3) is 0.143. The molecule has 0 N–H and O–H groups in total. The molecule has 1 spiro atoms. The van der Waals surface area contributed by atoms with Gasteiger partial charge in [-0.2, -0.15) is 0 Å². The summed E-state index contributed by atoms with van der Waals surface area (Å²) in [6.45, 7) is 8.18. The van der Waals surface area contributed by atoms with Gasteiger partial charge in [-0.1, -0.05) is 121 Å². The second-order valence-corrected chi connectivity index (χ2v) is 26.9. The Labute approximate surface area is 235 Å². The van der Waals surface area contributed by atoms with Crippen molar-refractivity contribution in [2.24, 2.45) is 0 Å². The Balaban J connectivity index is 1.69. The molecule has 0 atom stereocenters. The monoisotopic (exact) mass is 604 g/mol. The van der Waals surface area contributed by atoms with Crippen LogP contribution in [0.5, 0.6) is 0 Å². The lowest BCUT2D eigenvalue weighted by molar-refractivity contribution is 0.0618. The fourth-order valence-corrected chi connectivity index (χ4v) is 31.8. The van der Waals surface area contributed by atoms with Crippen molar-refractivity contribution >= 4 is 64.0 Å². The second kappa shape index (κ2) is 9.97. The van der Waals surface area contributed by atoms with Crippen LogP contribution in [0.2, 0.25) is 26.2 Å². The largest absolute Gasteiger partial charge is 0.644 e. The molecule has 0 amide bonds. The van der Waals surface area contributed by atoms with E-state index in [1.54, 1.807) is 0 Å². The third kappa shape index (κ3) is 5.05. The van der Waals surface area contributed by atoms with Crippen LogP contribution in [-0.4, -0.2) is 43.3 Å². The van der Waals surface area contributed by atoms with Gasteiger partial charge in [0, 0.05) is 0 Å². The normalized spacial score (nSPS) is 22.3. The minimum absolute atomic E-state index is 0.979. The Kier molecular flexibility index (Phi) is 6.88. The highest BCUT2D eigenvalue weighted by molar-refractivity contribution is 7.11. The number of rotatable bonds is 4. The Morgan fingerprint density at radius 1 is 0.333 bits per heavy atom. The number of benzene rings is 4. The van der Waals surface area contributed by atoms with Gasteiger partial charge in [-0.3, -0.25) is 0 Å². The second-order valence-electron chi connectivity index (χ2n) is 10.6. The first-order chi connectivity index (χ1) is 18.7. The summed E-state index contributed by atoms with van der Waals surface area (Å²) in [6.07, 6.45) is 0. The topological polar surface area (TPSA) is 55.4 Å². The maximum absolute atomic E-state index is 7.57. The summed E-state index contributed by atoms with van der Waals surface area (Å²) in [4.78, 5) is 0. The third-order valence-corrected chi connectivity index (χ3v) is 27.5. The predicted molar refractivity (Wildman–Crippen MR) is 163 cm³/mol. The molecule has 2 fully saturated rings. The van der Waals surface area contributed by atoms with Gasteiger partial charge in [-0.05, 0) is 46.9 Å². The van der Waals surface area contributed by atoms with E-state index < -0.39 is 43.3 Å². The molecule has 2 aliphatic rings. The fourth-order valence-electron chi connectivity index (χ4n) is 5.39. The van der Waals surface area contributed by atoms with E-state index >= 15 is 0 Å². The quantitative estimate of drug-likeness (QED) is 0.333. The molecular formula is C28H32O6Si5. The molecule has 0 aromatic heterocycles. The van der Waals surface area contributed by atoms with Crippen molar-refractivity contribution in [3.8, 4) is 0 Å². The summed E-state index contributed by atoms with van der Waals surface area (Å²) in [5.41, 5.74) is 0. The highest BCUT2D eigenvalue weighted by Crippen LogP contribution is 2.39. The molecule has 2 aliphatic heterocycles. The van der Waals surface area contributed by atoms with E-state index in [1.807, 2.05) is 99.0 Å². The Bertz CT molecular complexity index is 1240. The van der Waals surface area contributed by atoms with Crippen molar-refractivity contribution < 1.29 is 24.7 Å². The van der Waals surface area contributed by atoms with E-state index in [-0.39, 0.29) is 0 Å². The van der Waals surface area contributed by atoms with E-state index in [9.17, 15) is 0 Å². The summed E-state index contributed by atoms with van der Waals surface area (Å²) in [7, 11) is -16.2. The SMILES string of the molecule is C[Si]1(C)O[Si](C)(C)O[Si]2(O1)O[Si](c1ccccc1)(c1ccccc1)O[Si](c1ccccc1)(c1ccccc1)O2. The first kappa shape index (κ1) is 26.9. The van der Waals surface area contributed by atoms with E-state index in [2.05, 4.69) is 48.5 Å². The molecular weight excluding hydrogens is 573 g/mol. The van der Waals surface area contributed by atoms with Crippen LogP contribution in [0.25, 0.3) is 0 Å². The predicted octanol–water partition coefficient (Wildman–Crippen LogP) is 3.47. The molecule has 0 bridgehead atoms. The van der Waals surface area contributed by atoms with E-state index in [4.69, 9.17) is 24.7 Å². The Morgan fingerprint density at radius 2 is 0.615 bits per heavy atom. The van der Waals surface area contributed by atoms with Crippen LogP contribution in [0.15, 0.2) is 121 Å². The average molecular weight is 605 g/mol. The van der Waals surface area contributed by atoms with E-state index in [1.165, 1.54) is 0 Å². The molecule has 0 aliphatic carbocycles. The summed E-state index contributed by atoms with van der Waals surface area (Å²) >= 11 is 0. The van der Waals surface area contributed by atoms with Gasteiger partial charge in [0.2, 0.25) is 0 Å². The lowest BCUT2D eigenvalue weighted by Gasteiger charge is -2.56. The molecule has 6 rings (SSSR count). The first-order valence-electron chi connectivity index (χ1n) is 13.1. The maximum atomic E-state index is 7.57. The molecule has 39 heavy (non-hydrogen) atoms. The zero-order valence-corrected chi connectivity index (χ0v) is 27.5. The molecule has 4 aromatic carbocycles. The van der Waals surface area contributed by atoms with Crippen molar-refractivity contribution in [3.05, 3.63) is 121 Å². The van der Waals surface area contributed by atoms with Crippen molar-refractivity contribution in [3.63, 3.8) is 0 Å². The zero-order valence-electron chi connectivity index (χ0n) is 22.5. The van der Waals surface area contributed by atoms with Gasteiger partial charge in [-0.25, -0.2) is 0 Å². The van der Waals surface area contributed by atoms with Crippen molar-refractivity contribution in [1.82, 2.24) is 0 Å². The average Bonchev–Trinajstić information content (AvgIpc) is 2.92. The van der Waals surface area contributed by atoms with Gasteiger partial charge in [0.25, 0.3) is 0 Å². The lowest BCUT2D eigenvalue weighted by atomic mass is 10.4. The third-order valence-electron chi connectivity index (χ3n) is 6.67.